The Kier molecular flexibility index (Phi) is 5.37. The number of fused-ring (bicyclic) bond motifs is 1. The Bertz CT molecular complexity index is 392. The Morgan fingerprint density at radius 1 is 1.32 bits per heavy atom. The highest BCUT2D eigenvalue weighted by atomic mass is 16.5. The summed E-state index contributed by atoms with van der Waals surface area (Å²) in [6, 6.07) is 9.87. The van der Waals surface area contributed by atoms with E-state index >= 15 is 0 Å². The molecule has 3 heteroatoms. The average molecular weight is 262 g/mol. The molecule has 0 saturated carbocycles. The molecule has 1 aromatic carbocycles. The third-order valence-corrected chi connectivity index (χ3v) is 3.93. The molecule has 0 aliphatic carbocycles. The standard InChI is InChI=1S/C16H26N2O/c1-13(2)18(8-9-19-3)12-16-10-14-6-4-5-7-15(14)11-17-16/h4-7,13,16-17H,8-12H2,1-3H3. The molecule has 2 rings (SSSR count). The van der Waals surface area contributed by atoms with Gasteiger partial charge in [-0.1, -0.05) is 24.3 Å². The first-order valence-electron chi connectivity index (χ1n) is 7.24. The predicted octanol–water partition coefficient (Wildman–Crippen LogP) is 2.06. The van der Waals surface area contributed by atoms with Gasteiger partial charge in [-0.25, -0.2) is 0 Å². The first kappa shape index (κ1) is 14.5. The molecule has 0 saturated heterocycles. The second kappa shape index (κ2) is 7.04. The van der Waals surface area contributed by atoms with Crippen molar-refractivity contribution in [3.63, 3.8) is 0 Å². The second-order valence-electron chi connectivity index (χ2n) is 5.63. The lowest BCUT2D eigenvalue weighted by atomic mass is 9.95. The van der Waals surface area contributed by atoms with Gasteiger partial charge in [0.15, 0.2) is 0 Å². The fourth-order valence-corrected chi connectivity index (χ4v) is 2.70. The second-order valence-corrected chi connectivity index (χ2v) is 5.63. The monoisotopic (exact) mass is 262 g/mol. The van der Waals surface area contributed by atoms with Crippen molar-refractivity contribution < 1.29 is 4.74 Å². The maximum atomic E-state index is 5.21. The number of nitrogens with one attached hydrogen (secondary N) is 1. The van der Waals surface area contributed by atoms with Crippen LogP contribution in [0.1, 0.15) is 25.0 Å². The van der Waals surface area contributed by atoms with E-state index in [1.165, 1.54) is 11.1 Å². The van der Waals surface area contributed by atoms with Gasteiger partial charge < -0.3 is 10.1 Å². The molecule has 19 heavy (non-hydrogen) atoms. The number of hydrogen-bond acceptors (Lipinski definition) is 3. The molecule has 1 N–H and O–H groups in total. The zero-order valence-corrected chi connectivity index (χ0v) is 12.4. The number of hydrogen-bond donors (Lipinski definition) is 1. The largest absolute Gasteiger partial charge is 0.383 e. The lowest BCUT2D eigenvalue weighted by Crippen LogP contribution is -2.47. The number of ether oxygens (including phenoxy) is 1. The normalized spacial score (nSPS) is 18.9. The Morgan fingerprint density at radius 2 is 2.05 bits per heavy atom. The van der Waals surface area contributed by atoms with Gasteiger partial charge in [0.05, 0.1) is 6.61 Å². The van der Waals surface area contributed by atoms with Crippen LogP contribution in [0.4, 0.5) is 0 Å². The molecule has 1 atom stereocenters. The summed E-state index contributed by atoms with van der Waals surface area (Å²) in [5.41, 5.74) is 2.95. The first-order valence-corrected chi connectivity index (χ1v) is 7.24. The number of methoxy groups -OCH3 is 1. The topological polar surface area (TPSA) is 24.5 Å². The fraction of sp³-hybridized carbons (Fsp3) is 0.625. The van der Waals surface area contributed by atoms with Crippen molar-refractivity contribution in [1.82, 2.24) is 10.2 Å². The Labute approximate surface area is 116 Å². The van der Waals surface area contributed by atoms with E-state index in [1.807, 2.05) is 0 Å². The van der Waals surface area contributed by atoms with Crippen LogP contribution >= 0.6 is 0 Å². The van der Waals surface area contributed by atoms with Gasteiger partial charge in [0.25, 0.3) is 0 Å². The van der Waals surface area contributed by atoms with Crippen molar-refractivity contribution in [1.29, 1.82) is 0 Å². The fourth-order valence-electron chi connectivity index (χ4n) is 2.70. The third kappa shape index (κ3) is 4.03. The SMILES string of the molecule is COCCN(CC1Cc2ccccc2CN1)C(C)C. The molecule has 106 valence electrons. The molecule has 1 unspecified atom stereocenters. The molecular formula is C16H26N2O. The Balaban J connectivity index is 1.92. The summed E-state index contributed by atoms with van der Waals surface area (Å²) in [4.78, 5) is 2.50. The van der Waals surface area contributed by atoms with E-state index in [4.69, 9.17) is 4.74 Å². The van der Waals surface area contributed by atoms with Crippen LogP contribution in [0.5, 0.6) is 0 Å². The molecule has 0 radical (unpaired) electrons. The molecule has 0 amide bonds. The summed E-state index contributed by atoms with van der Waals surface area (Å²) < 4.78 is 5.21. The van der Waals surface area contributed by atoms with Crippen molar-refractivity contribution in [2.24, 2.45) is 0 Å². The van der Waals surface area contributed by atoms with E-state index in [2.05, 4.69) is 48.3 Å². The van der Waals surface area contributed by atoms with Gasteiger partial charge in [-0.2, -0.15) is 0 Å². The van der Waals surface area contributed by atoms with Crippen LogP contribution in [-0.4, -0.2) is 43.8 Å². The van der Waals surface area contributed by atoms with Gasteiger partial charge in [-0.3, -0.25) is 4.90 Å². The molecule has 1 aliphatic heterocycles. The maximum Gasteiger partial charge on any atom is 0.0589 e. The van der Waals surface area contributed by atoms with E-state index < -0.39 is 0 Å². The molecule has 1 aromatic rings. The van der Waals surface area contributed by atoms with Crippen molar-refractivity contribution in [2.75, 3.05) is 26.8 Å². The van der Waals surface area contributed by atoms with Gasteiger partial charge in [-0.15, -0.1) is 0 Å². The number of rotatable bonds is 6. The zero-order valence-electron chi connectivity index (χ0n) is 12.4. The van der Waals surface area contributed by atoms with Crippen LogP contribution < -0.4 is 5.32 Å². The highest BCUT2D eigenvalue weighted by Crippen LogP contribution is 2.17. The minimum absolute atomic E-state index is 0.550. The van der Waals surface area contributed by atoms with E-state index in [1.54, 1.807) is 7.11 Å². The van der Waals surface area contributed by atoms with Gasteiger partial charge >= 0.3 is 0 Å². The van der Waals surface area contributed by atoms with Gasteiger partial charge in [0, 0.05) is 38.8 Å². The molecule has 1 aliphatic rings. The summed E-state index contributed by atoms with van der Waals surface area (Å²) in [5.74, 6) is 0. The molecule has 3 nitrogen and oxygen atoms in total. The van der Waals surface area contributed by atoms with E-state index in [0.29, 0.717) is 12.1 Å². The van der Waals surface area contributed by atoms with Crippen LogP contribution in [0.25, 0.3) is 0 Å². The zero-order chi connectivity index (χ0) is 13.7. The predicted molar refractivity (Wildman–Crippen MR) is 79.4 cm³/mol. The molecule has 1 heterocycles. The minimum atomic E-state index is 0.550. The van der Waals surface area contributed by atoms with Gasteiger partial charge in [0.2, 0.25) is 0 Å². The molecular weight excluding hydrogens is 236 g/mol. The van der Waals surface area contributed by atoms with Crippen LogP contribution in [0.15, 0.2) is 24.3 Å². The summed E-state index contributed by atoms with van der Waals surface area (Å²) in [6.07, 6.45) is 1.13. The van der Waals surface area contributed by atoms with Gasteiger partial charge in [0.1, 0.15) is 0 Å². The van der Waals surface area contributed by atoms with Crippen LogP contribution in [0.3, 0.4) is 0 Å². The molecule has 0 spiro atoms. The van der Waals surface area contributed by atoms with Crippen LogP contribution in [0.2, 0.25) is 0 Å². The van der Waals surface area contributed by atoms with E-state index in [-0.39, 0.29) is 0 Å². The summed E-state index contributed by atoms with van der Waals surface area (Å²) >= 11 is 0. The highest BCUT2D eigenvalue weighted by Gasteiger charge is 2.21. The third-order valence-electron chi connectivity index (χ3n) is 3.93. The van der Waals surface area contributed by atoms with Crippen LogP contribution in [0, 0.1) is 0 Å². The Morgan fingerprint density at radius 3 is 2.74 bits per heavy atom. The number of benzene rings is 1. The average Bonchev–Trinajstić information content (AvgIpc) is 2.43. The maximum absolute atomic E-state index is 5.21. The van der Waals surface area contributed by atoms with Gasteiger partial charge in [-0.05, 0) is 31.4 Å². The molecule has 0 bridgehead atoms. The van der Waals surface area contributed by atoms with E-state index in [0.717, 1.165) is 32.7 Å². The molecule has 0 aromatic heterocycles. The van der Waals surface area contributed by atoms with Crippen LogP contribution in [-0.2, 0) is 17.7 Å². The van der Waals surface area contributed by atoms with Crippen molar-refractivity contribution in [2.45, 2.75) is 38.9 Å². The quantitative estimate of drug-likeness (QED) is 0.849. The van der Waals surface area contributed by atoms with Crippen molar-refractivity contribution in [3.05, 3.63) is 35.4 Å². The first-order chi connectivity index (χ1) is 9.20. The lowest BCUT2D eigenvalue weighted by molar-refractivity contribution is 0.120. The smallest absolute Gasteiger partial charge is 0.0589 e. The summed E-state index contributed by atoms with van der Waals surface area (Å²) in [7, 11) is 1.77. The summed E-state index contributed by atoms with van der Waals surface area (Å²) in [6.45, 7) is 8.42. The lowest BCUT2D eigenvalue weighted by Gasteiger charge is -2.33. The van der Waals surface area contributed by atoms with Crippen molar-refractivity contribution >= 4 is 0 Å². The minimum Gasteiger partial charge on any atom is -0.383 e. The van der Waals surface area contributed by atoms with E-state index in [9.17, 15) is 0 Å². The van der Waals surface area contributed by atoms with Crippen molar-refractivity contribution in [3.8, 4) is 0 Å². The molecule has 0 fully saturated rings. The summed E-state index contributed by atoms with van der Waals surface area (Å²) in [5, 5.41) is 3.65. The number of nitrogens with zero attached hydrogens (tertiary/aromatic N) is 1. The Hall–Kier alpha value is -0.900. The highest BCUT2D eigenvalue weighted by molar-refractivity contribution is 5.29.